The van der Waals surface area contributed by atoms with E-state index < -0.39 is 0 Å². The second-order valence-corrected chi connectivity index (χ2v) is 3.86. The minimum Gasteiger partial charge on any atom is -0.431 e. The maximum Gasteiger partial charge on any atom is 0.343 e. The molecule has 2 aromatic rings. The minimum absolute atomic E-state index is 0.252. The fourth-order valence-corrected chi connectivity index (χ4v) is 1.67. The highest BCUT2D eigenvalue weighted by atomic mass is 16.4. The van der Waals surface area contributed by atoms with Crippen molar-refractivity contribution in [3.8, 4) is 0 Å². The lowest BCUT2D eigenvalue weighted by molar-refractivity contribution is 0.519. The Hall–Kier alpha value is -1.57. The highest BCUT2D eigenvalue weighted by molar-refractivity contribution is 5.81. The number of hydrogen-bond acceptors (Lipinski definition) is 2. The van der Waals surface area contributed by atoms with Gasteiger partial charge in [0.25, 0.3) is 0 Å². The number of rotatable bonds is 2. The van der Waals surface area contributed by atoms with E-state index in [2.05, 4.69) is 19.9 Å². The highest BCUT2D eigenvalue weighted by Gasteiger charge is 2.05. The van der Waals surface area contributed by atoms with Gasteiger partial charge in [0.15, 0.2) is 0 Å². The van der Waals surface area contributed by atoms with Gasteiger partial charge in [-0.25, -0.2) is 4.79 Å². The lowest BCUT2D eigenvalue weighted by Gasteiger charge is -2.08. The molecule has 0 aliphatic heterocycles. The maximum absolute atomic E-state index is 11.5. The Labute approximate surface area is 88.5 Å². The van der Waals surface area contributed by atoms with Gasteiger partial charge in [0, 0.05) is 0 Å². The Balaban J connectivity index is 2.65. The van der Waals surface area contributed by atoms with E-state index in [9.17, 15) is 4.79 Å². The summed E-state index contributed by atoms with van der Waals surface area (Å²) in [5.74, 6) is 0.481. The molecule has 0 saturated carbocycles. The quantitative estimate of drug-likeness (QED) is 0.747. The van der Waals surface area contributed by atoms with Crippen molar-refractivity contribution in [2.45, 2.75) is 26.2 Å². The molecule has 1 unspecified atom stereocenters. The van der Waals surface area contributed by atoms with Crippen LogP contribution in [-0.4, -0.2) is 0 Å². The second kappa shape index (κ2) is 3.89. The Morgan fingerprint density at radius 1 is 1.33 bits per heavy atom. The predicted molar refractivity (Wildman–Crippen MR) is 61.2 cm³/mol. The first-order valence-corrected chi connectivity index (χ1v) is 5.24. The topological polar surface area (TPSA) is 30.2 Å². The van der Waals surface area contributed by atoms with E-state index >= 15 is 0 Å². The van der Waals surface area contributed by atoms with Gasteiger partial charge >= 0.3 is 5.63 Å². The lowest BCUT2D eigenvalue weighted by Crippen LogP contribution is -2.00. The molecule has 15 heavy (non-hydrogen) atoms. The normalized spacial score (nSPS) is 12.9. The summed E-state index contributed by atoms with van der Waals surface area (Å²) in [6, 6.07) is 7.82. The van der Waals surface area contributed by atoms with Crippen LogP contribution in [0.5, 0.6) is 0 Å². The molecule has 0 bridgehead atoms. The van der Waals surface area contributed by atoms with Gasteiger partial charge < -0.3 is 4.42 Å². The molecular weight excluding hydrogens is 188 g/mol. The zero-order valence-corrected chi connectivity index (χ0v) is 8.99. The maximum atomic E-state index is 11.5. The molecule has 78 valence electrons. The fourth-order valence-electron chi connectivity index (χ4n) is 1.67. The summed E-state index contributed by atoms with van der Waals surface area (Å²) in [6.07, 6.45) is 2.51. The molecule has 0 fully saturated rings. The summed E-state index contributed by atoms with van der Waals surface area (Å²) in [5, 5.41) is 1.62. The molecule has 2 rings (SSSR count). The molecule has 1 atom stereocenters. The van der Waals surface area contributed by atoms with Gasteiger partial charge in [-0.1, -0.05) is 26.0 Å². The van der Waals surface area contributed by atoms with Crippen LogP contribution in [0, 0.1) is 0 Å². The molecule has 2 nitrogen and oxygen atoms in total. The number of benzene rings is 1. The fraction of sp³-hybridized carbons (Fsp3) is 0.308. The smallest absolute Gasteiger partial charge is 0.343 e. The van der Waals surface area contributed by atoms with Crippen LogP contribution in [0.15, 0.2) is 39.7 Å². The van der Waals surface area contributed by atoms with Gasteiger partial charge in [-0.2, -0.15) is 0 Å². The zero-order chi connectivity index (χ0) is 10.8. The van der Waals surface area contributed by atoms with Gasteiger partial charge in [0.05, 0.1) is 11.6 Å². The standard InChI is InChI=1S/C13H14O2/c1-3-9(2)11-5-4-10-6-7-15-13(14)12(10)8-11/h4-9H,3H2,1-2H3. The van der Waals surface area contributed by atoms with E-state index in [-0.39, 0.29) is 5.63 Å². The molecule has 0 amide bonds. The summed E-state index contributed by atoms with van der Waals surface area (Å²) >= 11 is 0. The largest absolute Gasteiger partial charge is 0.431 e. The van der Waals surface area contributed by atoms with Crippen molar-refractivity contribution in [1.29, 1.82) is 0 Å². The summed E-state index contributed by atoms with van der Waals surface area (Å²) in [7, 11) is 0. The molecule has 0 aliphatic rings. The Morgan fingerprint density at radius 3 is 2.87 bits per heavy atom. The van der Waals surface area contributed by atoms with Crippen molar-refractivity contribution in [3.63, 3.8) is 0 Å². The van der Waals surface area contributed by atoms with Crippen molar-refractivity contribution in [2.24, 2.45) is 0 Å². The van der Waals surface area contributed by atoms with Crippen LogP contribution in [0.25, 0.3) is 10.8 Å². The molecule has 2 heteroatoms. The SMILES string of the molecule is CCC(C)c1ccc2ccoc(=O)c2c1. The van der Waals surface area contributed by atoms with E-state index in [0.29, 0.717) is 11.3 Å². The summed E-state index contributed by atoms with van der Waals surface area (Å²) in [6.45, 7) is 4.30. The van der Waals surface area contributed by atoms with Crippen molar-refractivity contribution < 1.29 is 4.42 Å². The first kappa shape index (κ1) is 9.97. The highest BCUT2D eigenvalue weighted by Crippen LogP contribution is 2.21. The molecule has 0 spiro atoms. The molecule has 0 aliphatic carbocycles. The first-order valence-electron chi connectivity index (χ1n) is 5.24. The average molecular weight is 202 g/mol. The molecule has 1 aromatic heterocycles. The number of hydrogen-bond donors (Lipinski definition) is 0. The molecule has 1 heterocycles. The Kier molecular flexibility index (Phi) is 2.58. The predicted octanol–water partition coefficient (Wildman–Crippen LogP) is 3.31. The third-order valence-corrected chi connectivity index (χ3v) is 2.90. The van der Waals surface area contributed by atoms with Crippen LogP contribution < -0.4 is 5.63 Å². The first-order chi connectivity index (χ1) is 7.22. The van der Waals surface area contributed by atoms with Crippen molar-refractivity contribution in [1.82, 2.24) is 0 Å². The van der Waals surface area contributed by atoms with Crippen molar-refractivity contribution in [3.05, 3.63) is 46.5 Å². The van der Waals surface area contributed by atoms with Gasteiger partial charge in [0.2, 0.25) is 0 Å². The van der Waals surface area contributed by atoms with Crippen LogP contribution in [0.1, 0.15) is 31.7 Å². The lowest BCUT2D eigenvalue weighted by atomic mass is 9.97. The molecule has 0 N–H and O–H groups in total. The van der Waals surface area contributed by atoms with Crippen molar-refractivity contribution in [2.75, 3.05) is 0 Å². The van der Waals surface area contributed by atoms with Gasteiger partial charge in [-0.05, 0) is 35.4 Å². The Morgan fingerprint density at radius 2 is 2.13 bits per heavy atom. The van der Waals surface area contributed by atoms with E-state index in [0.717, 1.165) is 11.8 Å². The minimum atomic E-state index is -0.252. The monoisotopic (exact) mass is 202 g/mol. The van der Waals surface area contributed by atoms with Crippen LogP contribution in [0.4, 0.5) is 0 Å². The van der Waals surface area contributed by atoms with Gasteiger partial charge in [-0.15, -0.1) is 0 Å². The van der Waals surface area contributed by atoms with Crippen molar-refractivity contribution >= 4 is 10.8 Å². The van der Waals surface area contributed by atoms with E-state index in [1.54, 1.807) is 0 Å². The number of fused-ring (bicyclic) bond motifs is 1. The molecule has 0 radical (unpaired) electrons. The third kappa shape index (κ3) is 1.80. The van der Waals surface area contributed by atoms with E-state index in [4.69, 9.17) is 4.42 Å². The van der Waals surface area contributed by atoms with Gasteiger partial charge in [-0.3, -0.25) is 0 Å². The van der Waals surface area contributed by atoms with Crippen LogP contribution in [-0.2, 0) is 0 Å². The second-order valence-electron chi connectivity index (χ2n) is 3.86. The van der Waals surface area contributed by atoms with E-state index in [1.165, 1.54) is 11.8 Å². The van der Waals surface area contributed by atoms with Gasteiger partial charge in [0.1, 0.15) is 0 Å². The zero-order valence-electron chi connectivity index (χ0n) is 8.99. The average Bonchev–Trinajstić information content (AvgIpc) is 2.28. The van der Waals surface area contributed by atoms with Crippen LogP contribution in [0.3, 0.4) is 0 Å². The summed E-state index contributed by atoms with van der Waals surface area (Å²) in [4.78, 5) is 11.5. The molecular formula is C13H14O2. The van der Waals surface area contributed by atoms with Crippen LogP contribution >= 0.6 is 0 Å². The summed E-state index contributed by atoms with van der Waals surface area (Å²) in [5.41, 5.74) is 0.946. The van der Waals surface area contributed by atoms with Crippen LogP contribution in [0.2, 0.25) is 0 Å². The summed E-state index contributed by atoms with van der Waals surface area (Å²) < 4.78 is 4.85. The Bertz CT molecular complexity index is 525. The molecule has 1 aromatic carbocycles. The van der Waals surface area contributed by atoms with E-state index in [1.807, 2.05) is 18.2 Å². The third-order valence-electron chi connectivity index (χ3n) is 2.90. The molecule has 0 saturated heterocycles.